The number of ether oxygens (including phenoxy) is 1. The van der Waals surface area contributed by atoms with Gasteiger partial charge in [0, 0.05) is 19.8 Å². The van der Waals surface area contributed by atoms with Gasteiger partial charge in [-0.2, -0.15) is 0 Å². The summed E-state index contributed by atoms with van der Waals surface area (Å²) in [6.45, 7) is 4.17. The van der Waals surface area contributed by atoms with E-state index in [1.807, 2.05) is 0 Å². The average Bonchev–Trinajstić information content (AvgIpc) is 2.41. The molecule has 1 N–H and O–H groups in total. The first-order valence-corrected chi connectivity index (χ1v) is 8.17. The lowest BCUT2D eigenvalue weighted by Crippen LogP contribution is -2.23. The van der Waals surface area contributed by atoms with Crippen LogP contribution < -0.4 is 5.32 Å². The summed E-state index contributed by atoms with van der Waals surface area (Å²) in [6, 6.07) is 9.73. The summed E-state index contributed by atoms with van der Waals surface area (Å²) in [5.41, 5.74) is 3.00. The minimum absolute atomic E-state index is 0.477. The molecular formula is C18H29NO. The van der Waals surface area contributed by atoms with E-state index < -0.39 is 0 Å². The summed E-state index contributed by atoms with van der Waals surface area (Å²) in [4.78, 5) is 0. The van der Waals surface area contributed by atoms with Gasteiger partial charge in [-0.3, -0.25) is 0 Å². The van der Waals surface area contributed by atoms with Crippen LogP contribution in [-0.2, 0) is 4.74 Å². The highest BCUT2D eigenvalue weighted by molar-refractivity contribution is 5.29. The number of nitrogens with one attached hydrogen (secondary N) is 1. The predicted octanol–water partition coefficient (Wildman–Crippen LogP) is 4.42. The number of methoxy groups -OCH3 is 1. The second-order valence-electron chi connectivity index (χ2n) is 5.94. The van der Waals surface area contributed by atoms with E-state index in [0.717, 1.165) is 31.9 Å². The fourth-order valence-electron chi connectivity index (χ4n) is 2.91. The number of benzene rings is 1. The molecule has 0 aromatic heterocycles. The van der Waals surface area contributed by atoms with Gasteiger partial charge in [0.15, 0.2) is 0 Å². The molecule has 0 spiro atoms. The highest BCUT2D eigenvalue weighted by Gasteiger charge is 2.20. The zero-order chi connectivity index (χ0) is 14.2. The van der Waals surface area contributed by atoms with E-state index in [9.17, 15) is 0 Å². The van der Waals surface area contributed by atoms with E-state index >= 15 is 0 Å². The van der Waals surface area contributed by atoms with Gasteiger partial charge >= 0.3 is 0 Å². The third-order valence-corrected chi connectivity index (χ3v) is 4.37. The summed E-state index contributed by atoms with van der Waals surface area (Å²) in [5.74, 6) is 0.820. The minimum Gasteiger partial charge on any atom is -0.385 e. The maximum Gasteiger partial charge on any atom is 0.0462 e. The second-order valence-corrected chi connectivity index (χ2v) is 5.94. The highest BCUT2D eigenvalue weighted by Crippen LogP contribution is 2.37. The smallest absolute Gasteiger partial charge is 0.0462 e. The van der Waals surface area contributed by atoms with Crippen LogP contribution in [0.4, 0.5) is 0 Å². The van der Waals surface area contributed by atoms with Gasteiger partial charge in [-0.05, 0) is 55.7 Å². The lowest BCUT2D eigenvalue weighted by Gasteiger charge is -2.27. The van der Waals surface area contributed by atoms with Gasteiger partial charge in [0.05, 0.1) is 0 Å². The molecule has 0 radical (unpaired) electrons. The minimum atomic E-state index is 0.477. The molecule has 1 aromatic carbocycles. The van der Waals surface area contributed by atoms with Gasteiger partial charge in [-0.15, -0.1) is 0 Å². The molecule has 2 heteroatoms. The van der Waals surface area contributed by atoms with Crippen molar-refractivity contribution >= 4 is 0 Å². The van der Waals surface area contributed by atoms with Crippen LogP contribution in [0.3, 0.4) is 0 Å². The average molecular weight is 275 g/mol. The summed E-state index contributed by atoms with van der Waals surface area (Å²) >= 11 is 0. The molecule has 1 aliphatic carbocycles. The lowest BCUT2D eigenvalue weighted by atomic mass is 9.79. The van der Waals surface area contributed by atoms with Crippen LogP contribution in [0.5, 0.6) is 0 Å². The molecule has 1 fully saturated rings. The van der Waals surface area contributed by atoms with Crippen molar-refractivity contribution in [3.8, 4) is 0 Å². The van der Waals surface area contributed by atoms with Crippen LogP contribution >= 0.6 is 0 Å². The van der Waals surface area contributed by atoms with E-state index in [-0.39, 0.29) is 0 Å². The molecular weight excluding hydrogens is 246 g/mol. The fraction of sp³-hybridized carbons (Fsp3) is 0.667. The molecule has 20 heavy (non-hydrogen) atoms. The van der Waals surface area contributed by atoms with E-state index in [1.54, 1.807) is 12.7 Å². The van der Waals surface area contributed by atoms with Gasteiger partial charge in [0.25, 0.3) is 0 Å². The molecule has 1 saturated carbocycles. The number of hydrogen-bond donors (Lipinski definition) is 1. The van der Waals surface area contributed by atoms with Crippen molar-refractivity contribution < 1.29 is 4.74 Å². The third-order valence-electron chi connectivity index (χ3n) is 4.37. The molecule has 2 rings (SSSR count). The molecule has 2 nitrogen and oxygen atoms in total. The van der Waals surface area contributed by atoms with Crippen LogP contribution in [0.25, 0.3) is 0 Å². The van der Waals surface area contributed by atoms with Gasteiger partial charge in [0.2, 0.25) is 0 Å². The first-order valence-electron chi connectivity index (χ1n) is 8.17. The molecule has 1 aliphatic rings. The van der Waals surface area contributed by atoms with Crippen molar-refractivity contribution in [2.24, 2.45) is 0 Å². The molecule has 0 aliphatic heterocycles. The van der Waals surface area contributed by atoms with Crippen LogP contribution in [0.1, 0.15) is 68.5 Å². The quantitative estimate of drug-likeness (QED) is 0.674. The zero-order valence-electron chi connectivity index (χ0n) is 13.0. The van der Waals surface area contributed by atoms with Crippen molar-refractivity contribution in [3.63, 3.8) is 0 Å². The highest BCUT2D eigenvalue weighted by atomic mass is 16.5. The first kappa shape index (κ1) is 15.5. The Kier molecular flexibility index (Phi) is 6.55. The Morgan fingerprint density at radius 2 is 2.20 bits per heavy atom. The van der Waals surface area contributed by atoms with Crippen molar-refractivity contribution in [3.05, 3.63) is 35.4 Å². The van der Waals surface area contributed by atoms with Gasteiger partial charge in [-0.1, -0.05) is 37.6 Å². The maximum absolute atomic E-state index is 5.19. The van der Waals surface area contributed by atoms with E-state index in [2.05, 4.69) is 36.5 Å². The number of hydrogen-bond acceptors (Lipinski definition) is 2. The molecule has 112 valence electrons. The Hall–Kier alpha value is -0.860. The van der Waals surface area contributed by atoms with E-state index in [0.29, 0.717) is 6.04 Å². The van der Waals surface area contributed by atoms with Crippen molar-refractivity contribution in [2.75, 3.05) is 20.3 Å². The van der Waals surface area contributed by atoms with Crippen molar-refractivity contribution in [1.82, 2.24) is 5.32 Å². The molecule has 0 bridgehead atoms. The van der Waals surface area contributed by atoms with Gasteiger partial charge in [0.1, 0.15) is 0 Å². The van der Waals surface area contributed by atoms with Gasteiger partial charge in [-0.25, -0.2) is 0 Å². The van der Waals surface area contributed by atoms with E-state index in [4.69, 9.17) is 4.74 Å². The van der Waals surface area contributed by atoms with Crippen LogP contribution in [0, 0.1) is 0 Å². The second kappa shape index (κ2) is 8.43. The standard InChI is InChI=1S/C18H29NO/c1-3-12-19-18(11-6-13-20-2)17-10-5-9-16(14-17)15-7-4-8-15/h5,9-10,14-15,18-19H,3-4,6-8,11-13H2,1-2H3. The Labute approximate surface area is 123 Å². The van der Waals surface area contributed by atoms with Crippen LogP contribution in [0.15, 0.2) is 24.3 Å². The monoisotopic (exact) mass is 275 g/mol. The van der Waals surface area contributed by atoms with Crippen LogP contribution in [-0.4, -0.2) is 20.3 Å². The summed E-state index contributed by atoms with van der Waals surface area (Å²) in [5, 5.41) is 3.69. The molecule has 1 atom stereocenters. The molecule has 0 heterocycles. The lowest BCUT2D eigenvalue weighted by molar-refractivity contribution is 0.188. The molecule has 1 aromatic rings. The van der Waals surface area contributed by atoms with Crippen LogP contribution in [0.2, 0.25) is 0 Å². The molecule has 0 saturated heterocycles. The Bertz CT molecular complexity index is 387. The number of rotatable bonds is 9. The Morgan fingerprint density at radius 3 is 2.85 bits per heavy atom. The van der Waals surface area contributed by atoms with Gasteiger partial charge < -0.3 is 10.1 Å². The zero-order valence-corrected chi connectivity index (χ0v) is 13.0. The largest absolute Gasteiger partial charge is 0.385 e. The third kappa shape index (κ3) is 4.32. The van der Waals surface area contributed by atoms with Crippen molar-refractivity contribution in [1.29, 1.82) is 0 Å². The first-order chi connectivity index (χ1) is 9.85. The summed E-state index contributed by atoms with van der Waals surface area (Å²) in [7, 11) is 1.78. The Morgan fingerprint density at radius 1 is 1.35 bits per heavy atom. The normalized spacial score (nSPS) is 16.9. The Balaban J connectivity index is 2.01. The predicted molar refractivity (Wildman–Crippen MR) is 85.2 cm³/mol. The van der Waals surface area contributed by atoms with E-state index in [1.165, 1.54) is 31.2 Å². The SMILES string of the molecule is CCCNC(CCCOC)c1cccc(C2CCC2)c1. The topological polar surface area (TPSA) is 21.3 Å². The molecule has 1 unspecified atom stereocenters. The van der Waals surface area contributed by atoms with Crippen molar-refractivity contribution in [2.45, 2.75) is 57.4 Å². The fourth-order valence-corrected chi connectivity index (χ4v) is 2.91. The maximum atomic E-state index is 5.19. The summed E-state index contributed by atoms with van der Waals surface area (Å²) in [6.07, 6.45) is 7.61. The molecule has 0 amide bonds. The summed E-state index contributed by atoms with van der Waals surface area (Å²) < 4.78 is 5.19.